The molecule has 4 rings (SSSR count). The van der Waals surface area contributed by atoms with Gasteiger partial charge in [0.25, 0.3) is 5.91 Å². The molecule has 0 aliphatic carbocycles. The van der Waals surface area contributed by atoms with Crippen molar-refractivity contribution in [3.63, 3.8) is 0 Å². The summed E-state index contributed by atoms with van der Waals surface area (Å²) in [5.41, 5.74) is 1.66. The third-order valence-electron chi connectivity index (χ3n) is 5.06. The van der Waals surface area contributed by atoms with E-state index in [1.807, 2.05) is 44.4 Å². The molecule has 1 unspecified atom stereocenters. The van der Waals surface area contributed by atoms with E-state index in [1.54, 1.807) is 23.1 Å². The Labute approximate surface area is 171 Å². The molecule has 0 N–H and O–H groups in total. The van der Waals surface area contributed by atoms with Gasteiger partial charge in [-0.3, -0.25) is 9.59 Å². The summed E-state index contributed by atoms with van der Waals surface area (Å²) in [5, 5.41) is 0.506. The summed E-state index contributed by atoms with van der Waals surface area (Å²) in [6, 6.07) is 14.4. The molecule has 0 bridgehead atoms. The van der Waals surface area contributed by atoms with E-state index in [9.17, 15) is 9.59 Å². The summed E-state index contributed by atoms with van der Waals surface area (Å²) in [5.74, 6) is -0.0500. The Hall–Kier alpha value is -2.44. The quantitative estimate of drug-likeness (QED) is 0.600. The van der Waals surface area contributed by atoms with Gasteiger partial charge in [0.15, 0.2) is 5.43 Å². The van der Waals surface area contributed by atoms with Gasteiger partial charge in [-0.05, 0) is 56.9 Å². The topological polar surface area (TPSA) is 53.8 Å². The third kappa shape index (κ3) is 3.27. The average molecular weight is 441 g/mol. The van der Waals surface area contributed by atoms with Crippen molar-refractivity contribution in [1.29, 1.82) is 0 Å². The Morgan fingerprint density at radius 2 is 1.79 bits per heavy atom. The van der Waals surface area contributed by atoms with Crippen molar-refractivity contribution in [3.8, 4) is 0 Å². The van der Waals surface area contributed by atoms with Crippen LogP contribution < -0.4 is 5.43 Å². The van der Waals surface area contributed by atoms with Crippen LogP contribution in [0.3, 0.4) is 0 Å². The second kappa shape index (κ2) is 7.53. The van der Waals surface area contributed by atoms with Crippen molar-refractivity contribution in [2.45, 2.75) is 12.5 Å². The van der Waals surface area contributed by atoms with E-state index in [1.165, 1.54) is 0 Å². The highest BCUT2D eigenvalue weighted by Gasteiger charge is 2.42. The molecular formula is C22H21BrN2O3. The van der Waals surface area contributed by atoms with Gasteiger partial charge in [0, 0.05) is 11.0 Å². The monoisotopic (exact) mass is 440 g/mol. The predicted molar refractivity (Wildman–Crippen MR) is 113 cm³/mol. The molecular weight excluding hydrogens is 420 g/mol. The zero-order chi connectivity index (χ0) is 19.8. The van der Waals surface area contributed by atoms with Gasteiger partial charge in [-0.25, -0.2) is 0 Å². The number of nitrogens with zero attached hydrogens (tertiary/aromatic N) is 2. The number of fused-ring (bicyclic) bond motifs is 2. The Balaban J connectivity index is 1.86. The lowest BCUT2D eigenvalue weighted by atomic mass is 9.98. The summed E-state index contributed by atoms with van der Waals surface area (Å²) < 4.78 is 6.87. The van der Waals surface area contributed by atoms with Gasteiger partial charge in [0.1, 0.15) is 5.58 Å². The molecule has 0 fully saturated rings. The van der Waals surface area contributed by atoms with Crippen molar-refractivity contribution in [1.82, 2.24) is 9.80 Å². The number of para-hydroxylation sites is 1. The maximum Gasteiger partial charge on any atom is 0.290 e. The lowest BCUT2D eigenvalue weighted by molar-refractivity contribution is 0.0722. The predicted octanol–water partition coefficient (Wildman–Crippen LogP) is 4.05. The summed E-state index contributed by atoms with van der Waals surface area (Å²) >= 11 is 3.45. The van der Waals surface area contributed by atoms with Crippen molar-refractivity contribution >= 4 is 32.8 Å². The number of carbonyl (C=O) groups is 1. The van der Waals surface area contributed by atoms with E-state index in [-0.39, 0.29) is 17.1 Å². The van der Waals surface area contributed by atoms with Gasteiger partial charge < -0.3 is 14.2 Å². The van der Waals surface area contributed by atoms with Crippen LogP contribution in [0.15, 0.2) is 62.2 Å². The lowest BCUT2D eigenvalue weighted by Crippen LogP contribution is -2.32. The SMILES string of the molecule is CN(C)CCCN1C(=O)c2oc3ccccc3c(=O)c2C1c1ccc(Br)cc1. The van der Waals surface area contributed by atoms with E-state index < -0.39 is 6.04 Å². The highest BCUT2D eigenvalue weighted by Crippen LogP contribution is 2.38. The highest BCUT2D eigenvalue weighted by atomic mass is 79.9. The second-order valence-corrected chi connectivity index (χ2v) is 8.20. The normalized spacial score (nSPS) is 16.2. The third-order valence-corrected chi connectivity index (χ3v) is 5.59. The van der Waals surface area contributed by atoms with Crippen LogP contribution >= 0.6 is 15.9 Å². The van der Waals surface area contributed by atoms with Crippen LogP contribution in [-0.2, 0) is 0 Å². The van der Waals surface area contributed by atoms with Crippen LogP contribution in [0.25, 0.3) is 11.0 Å². The van der Waals surface area contributed by atoms with E-state index in [4.69, 9.17) is 4.42 Å². The molecule has 6 heteroatoms. The summed E-state index contributed by atoms with van der Waals surface area (Å²) in [6.45, 7) is 1.41. The number of hydrogen-bond donors (Lipinski definition) is 0. The maximum atomic E-state index is 13.3. The van der Waals surface area contributed by atoms with Crippen molar-refractivity contribution in [3.05, 3.63) is 80.1 Å². The van der Waals surface area contributed by atoms with Crippen LogP contribution in [0.1, 0.15) is 34.1 Å². The zero-order valence-corrected chi connectivity index (χ0v) is 17.4. The zero-order valence-electron chi connectivity index (χ0n) is 15.8. The molecule has 1 amide bonds. The fourth-order valence-electron chi connectivity index (χ4n) is 3.75. The van der Waals surface area contributed by atoms with Crippen LogP contribution in [0.5, 0.6) is 0 Å². The largest absolute Gasteiger partial charge is 0.450 e. The second-order valence-electron chi connectivity index (χ2n) is 7.28. The summed E-state index contributed by atoms with van der Waals surface area (Å²) in [6.07, 6.45) is 0.813. The van der Waals surface area contributed by atoms with Gasteiger partial charge >= 0.3 is 0 Å². The molecule has 1 aromatic heterocycles. The molecule has 0 saturated carbocycles. The summed E-state index contributed by atoms with van der Waals surface area (Å²) in [4.78, 5) is 30.3. The van der Waals surface area contributed by atoms with Crippen LogP contribution in [-0.4, -0.2) is 42.9 Å². The highest BCUT2D eigenvalue weighted by molar-refractivity contribution is 9.10. The Morgan fingerprint density at radius 3 is 2.50 bits per heavy atom. The molecule has 2 aromatic carbocycles. The molecule has 28 heavy (non-hydrogen) atoms. The molecule has 0 spiro atoms. The number of rotatable bonds is 5. The summed E-state index contributed by atoms with van der Waals surface area (Å²) in [7, 11) is 4.01. The fourth-order valence-corrected chi connectivity index (χ4v) is 4.01. The van der Waals surface area contributed by atoms with Crippen molar-refractivity contribution in [2.24, 2.45) is 0 Å². The Kier molecular flexibility index (Phi) is 5.08. The molecule has 1 aliphatic heterocycles. The van der Waals surface area contributed by atoms with E-state index >= 15 is 0 Å². The number of carbonyl (C=O) groups excluding carboxylic acids is 1. The van der Waals surface area contributed by atoms with Gasteiger partial charge in [0.2, 0.25) is 5.76 Å². The molecule has 2 heterocycles. The number of hydrogen-bond acceptors (Lipinski definition) is 4. The van der Waals surface area contributed by atoms with Gasteiger partial charge in [-0.15, -0.1) is 0 Å². The van der Waals surface area contributed by atoms with Gasteiger partial charge in [-0.2, -0.15) is 0 Å². The first-order valence-electron chi connectivity index (χ1n) is 9.24. The molecule has 3 aromatic rings. The fraction of sp³-hybridized carbons (Fsp3) is 0.273. The Bertz CT molecular complexity index is 1090. The first-order chi connectivity index (χ1) is 13.5. The Morgan fingerprint density at radius 1 is 1.07 bits per heavy atom. The van der Waals surface area contributed by atoms with Crippen LogP contribution in [0, 0.1) is 0 Å². The number of halogens is 1. The number of benzene rings is 2. The van der Waals surface area contributed by atoms with Crippen LogP contribution in [0.4, 0.5) is 0 Å². The van der Waals surface area contributed by atoms with E-state index in [0.29, 0.717) is 23.1 Å². The van der Waals surface area contributed by atoms with Gasteiger partial charge in [0.05, 0.1) is 17.0 Å². The molecule has 0 saturated heterocycles. The molecule has 1 aliphatic rings. The van der Waals surface area contributed by atoms with Gasteiger partial charge in [-0.1, -0.05) is 40.2 Å². The molecule has 1 atom stereocenters. The maximum absolute atomic E-state index is 13.3. The minimum Gasteiger partial charge on any atom is -0.450 e. The van der Waals surface area contributed by atoms with Crippen molar-refractivity contribution < 1.29 is 9.21 Å². The standard InChI is InChI=1S/C22H21BrN2O3/c1-24(2)12-5-13-25-19(14-8-10-15(23)11-9-14)18-20(26)16-6-3-4-7-17(16)28-21(18)22(25)27/h3-4,6-11,19H,5,12-13H2,1-2H3. The van der Waals surface area contributed by atoms with E-state index in [2.05, 4.69) is 20.8 Å². The molecule has 144 valence electrons. The van der Waals surface area contributed by atoms with Crippen molar-refractivity contribution in [2.75, 3.05) is 27.2 Å². The molecule has 0 radical (unpaired) electrons. The average Bonchev–Trinajstić information content (AvgIpc) is 2.95. The molecule has 5 nitrogen and oxygen atoms in total. The minimum absolute atomic E-state index is 0.131. The van der Waals surface area contributed by atoms with E-state index in [0.717, 1.165) is 23.0 Å². The smallest absolute Gasteiger partial charge is 0.290 e. The lowest BCUT2D eigenvalue weighted by Gasteiger charge is -2.25. The minimum atomic E-state index is -0.432. The van der Waals surface area contributed by atoms with Crippen LogP contribution in [0.2, 0.25) is 0 Å². The first kappa shape index (κ1) is 18.9. The first-order valence-corrected chi connectivity index (χ1v) is 10.0. The number of amides is 1.